The second-order valence-electron chi connectivity index (χ2n) is 3.96. The molecule has 0 spiro atoms. The highest BCUT2D eigenvalue weighted by atomic mass is 19.4. The smallest absolute Gasteiger partial charge is 0.379 e. The molecule has 0 aromatic rings. The number of halogens is 3. The first kappa shape index (κ1) is 11.8. The molecule has 1 fully saturated rings. The molecule has 2 nitrogen and oxygen atoms in total. The number of nitrogens with two attached hydrogens (primary N) is 1. The summed E-state index contributed by atoms with van der Waals surface area (Å²) in [5.41, 5.74) is 2.38. The molecule has 1 aliphatic carbocycles. The lowest BCUT2D eigenvalue weighted by Gasteiger charge is -2.38. The molecular weight excluding hydrogens is 195 g/mol. The maximum atomic E-state index is 12.6. The van der Waals surface area contributed by atoms with Crippen molar-refractivity contribution in [2.24, 2.45) is 11.7 Å². The van der Waals surface area contributed by atoms with Crippen molar-refractivity contribution in [2.75, 3.05) is 6.54 Å². The molecule has 0 bridgehead atoms. The largest absolute Gasteiger partial charge is 0.418 e. The summed E-state index contributed by atoms with van der Waals surface area (Å²) < 4.78 is 37.7. The molecule has 1 saturated carbocycles. The van der Waals surface area contributed by atoms with Gasteiger partial charge in [0, 0.05) is 6.54 Å². The predicted octanol–water partition coefficient (Wildman–Crippen LogP) is 1.82. The van der Waals surface area contributed by atoms with Crippen LogP contribution < -0.4 is 5.73 Å². The van der Waals surface area contributed by atoms with Gasteiger partial charge in [0.2, 0.25) is 0 Å². The Balaban J connectivity index is 2.77. The van der Waals surface area contributed by atoms with E-state index >= 15 is 0 Å². The van der Waals surface area contributed by atoms with Crippen LogP contribution in [0.25, 0.3) is 0 Å². The highest BCUT2D eigenvalue weighted by Crippen LogP contribution is 2.42. The van der Waals surface area contributed by atoms with E-state index in [-0.39, 0.29) is 0 Å². The summed E-state index contributed by atoms with van der Waals surface area (Å²) in [6.45, 7) is -0.735. The standard InChI is InChI=1S/C9H16F3NO/c10-9(11,12)8(14,6-13)7-4-2-1-3-5-7/h7,14H,1-6,13H2. The van der Waals surface area contributed by atoms with E-state index in [9.17, 15) is 18.3 Å². The fourth-order valence-corrected chi connectivity index (χ4v) is 2.09. The van der Waals surface area contributed by atoms with E-state index in [0.717, 1.165) is 19.3 Å². The van der Waals surface area contributed by atoms with E-state index in [1.165, 1.54) is 0 Å². The van der Waals surface area contributed by atoms with Crippen molar-refractivity contribution >= 4 is 0 Å². The van der Waals surface area contributed by atoms with Crippen LogP contribution in [0, 0.1) is 5.92 Å². The van der Waals surface area contributed by atoms with Gasteiger partial charge in [0.15, 0.2) is 5.60 Å². The van der Waals surface area contributed by atoms with Gasteiger partial charge in [-0.05, 0) is 18.8 Å². The summed E-state index contributed by atoms with van der Waals surface area (Å²) >= 11 is 0. The summed E-state index contributed by atoms with van der Waals surface area (Å²) in [5, 5.41) is 9.53. The summed E-state index contributed by atoms with van der Waals surface area (Å²) in [4.78, 5) is 0. The second-order valence-corrected chi connectivity index (χ2v) is 3.96. The molecule has 0 amide bonds. The lowest BCUT2D eigenvalue weighted by atomic mass is 9.76. The lowest BCUT2D eigenvalue weighted by Crippen LogP contribution is -2.57. The monoisotopic (exact) mass is 211 g/mol. The van der Waals surface area contributed by atoms with Gasteiger partial charge < -0.3 is 10.8 Å². The number of alkyl halides is 3. The van der Waals surface area contributed by atoms with Gasteiger partial charge in [0.25, 0.3) is 0 Å². The van der Waals surface area contributed by atoms with Gasteiger partial charge in [-0.2, -0.15) is 13.2 Å². The SMILES string of the molecule is NCC(O)(C1CCCCC1)C(F)(F)F. The van der Waals surface area contributed by atoms with Crippen LogP contribution >= 0.6 is 0 Å². The van der Waals surface area contributed by atoms with Gasteiger partial charge in [-0.1, -0.05) is 19.3 Å². The molecule has 0 heterocycles. The van der Waals surface area contributed by atoms with Crippen LogP contribution in [0.1, 0.15) is 32.1 Å². The minimum Gasteiger partial charge on any atom is -0.379 e. The van der Waals surface area contributed by atoms with Gasteiger partial charge in [0.05, 0.1) is 0 Å². The number of aliphatic hydroxyl groups is 1. The molecule has 1 aliphatic rings. The fraction of sp³-hybridized carbons (Fsp3) is 1.00. The summed E-state index contributed by atoms with van der Waals surface area (Å²) in [7, 11) is 0. The molecule has 1 unspecified atom stereocenters. The zero-order valence-electron chi connectivity index (χ0n) is 7.98. The highest BCUT2D eigenvalue weighted by Gasteiger charge is 2.57. The maximum Gasteiger partial charge on any atom is 0.418 e. The topological polar surface area (TPSA) is 46.2 Å². The Kier molecular flexibility index (Phi) is 3.42. The number of hydrogen-bond acceptors (Lipinski definition) is 2. The maximum absolute atomic E-state index is 12.6. The quantitative estimate of drug-likeness (QED) is 0.731. The van der Waals surface area contributed by atoms with Gasteiger partial charge in [-0.3, -0.25) is 0 Å². The molecule has 0 aromatic carbocycles. The Morgan fingerprint density at radius 2 is 1.64 bits per heavy atom. The highest BCUT2D eigenvalue weighted by molar-refractivity contribution is 4.95. The Bertz CT molecular complexity index is 189. The van der Waals surface area contributed by atoms with E-state index in [1.54, 1.807) is 0 Å². The molecule has 14 heavy (non-hydrogen) atoms. The molecule has 0 aromatic heterocycles. The zero-order valence-corrected chi connectivity index (χ0v) is 7.98. The van der Waals surface area contributed by atoms with Crippen molar-refractivity contribution in [2.45, 2.75) is 43.9 Å². The third-order valence-electron chi connectivity index (χ3n) is 3.08. The normalized spacial score (nSPS) is 24.6. The van der Waals surface area contributed by atoms with Crippen molar-refractivity contribution in [3.05, 3.63) is 0 Å². The Morgan fingerprint density at radius 3 is 2.00 bits per heavy atom. The molecule has 0 aliphatic heterocycles. The van der Waals surface area contributed by atoms with E-state index in [2.05, 4.69) is 0 Å². The average Bonchev–Trinajstić information content (AvgIpc) is 2.16. The Morgan fingerprint density at radius 1 is 1.14 bits per heavy atom. The fourth-order valence-electron chi connectivity index (χ4n) is 2.09. The third-order valence-corrected chi connectivity index (χ3v) is 3.08. The van der Waals surface area contributed by atoms with Gasteiger partial charge in [0.1, 0.15) is 0 Å². The van der Waals surface area contributed by atoms with Crippen molar-refractivity contribution in [3.63, 3.8) is 0 Å². The van der Waals surface area contributed by atoms with Crippen LogP contribution in [0.15, 0.2) is 0 Å². The average molecular weight is 211 g/mol. The van der Waals surface area contributed by atoms with E-state index in [0.29, 0.717) is 12.8 Å². The van der Waals surface area contributed by atoms with E-state index in [4.69, 9.17) is 5.73 Å². The Labute approximate surface area is 81.3 Å². The predicted molar refractivity (Wildman–Crippen MR) is 46.6 cm³/mol. The number of rotatable bonds is 2. The molecule has 84 valence electrons. The van der Waals surface area contributed by atoms with Gasteiger partial charge in [-0.25, -0.2) is 0 Å². The first-order valence-corrected chi connectivity index (χ1v) is 4.91. The van der Waals surface area contributed by atoms with Crippen LogP contribution in [0.2, 0.25) is 0 Å². The van der Waals surface area contributed by atoms with E-state index in [1.807, 2.05) is 0 Å². The minimum atomic E-state index is -4.61. The molecule has 0 saturated heterocycles. The van der Waals surface area contributed by atoms with Crippen LogP contribution in [0.4, 0.5) is 13.2 Å². The summed E-state index contributed by atoms with van der Waals surface area (Å²) in [6.07, 6.45) is -1.30. The Hall–Kier alpha value is -0.290. The van der Waals surface area contributed by atoms with Crippen molar-refractivity contribution in [1.29, 1.82) is 0 Å². The second kappa shape index (κ2) is 4.06. The van der Waals surface area contributed by atoms with Gasteiger partial charge in [-0.15, -0.1) is 0 Å². The third kappa shape index (κ3) is 2.03. The summed E-state index contributed by atoms with van der Waals surface area (Å²) in [6, 6.07) is 0. The molecule has 1 rings (SSSR count). The van der Waals surface area contributed by atoms with Gasteiger partial charge >= 0.3 is 6.18 Å². The van der Waals surface area contributed by atoms with Crippen molar-refractivity contribution < 1.29 is 18.3 Å². The van der Waals surface area contributed by atoms with Crippen LogP contribution in [0.3, 0.4) is 0 Å². The first-order valence-electron chi connectivity index (χ1n) is 4.91. The molecule has 1 atom stereocenters. The van der Waals surface area contributed by atoms with Crippen LogP contribution in [0.5, 0.6) is 0 Å². The van der Waals surface area contributed by atoms with Crippen molar-refractivity contribution in [3.8, 4) is 0 Å². The van der Waals surface area contributed by atoms with Crippen molar-refractivity contribution in [1.82, 2.24) is 0 Å². The van der Waals surface area contributed by atoms with E-state index < -0.39 is 24.2 Å². The summed E-state index contributed by atoms with van der Waals surface area (Å²) in [5.74, 6) is -0.721. The molecular formula is C9H16F3NO. The minimum absolute atomic E-state index is 0.424. The number of hydrogen-bond donors (Lipinski definition) is 2. The zero-order chi connectivity index (χ0) is 10.8. The molecule has 5 heteroatoms. The first-order chi connectivity index (χ1) is 6.42. The van der Waals surface area contributed by atoms with Crippen LogP contribution in [-0.2, 0) is 0 Å². The molecule has 3 N–H and O–H groups in total. The van der Waals surface area contributed by atoms with Crippen LogP contribution in [-0.4, -0.2) is 23.4 Å². The lowest BCUT2D eigenvalue weighted by molar-refractivity contribution is -0.278. The molecule has 0 radical (unpaired) electrons.